The number of carbonyl (C=O) groups is 1. The zero-order valence-corrected chi connectivity index (χ0v) is 18.1. The molecule has 0 aromatic carbocycles. The van der Waals surface area contributed by atoms with Crippen LogP contribution in [0.4, 0.5) is 24.8 Å². The smallest absolute Gasteiger partial charge is 0.389 e. The van der Waals surface area contributed by atoms with Crippen LogP contribution < -0.4 is 10.1 Å². The number of alkyl halides is 3. The number of anilines is 2. The normalized spacial score (nSPS) is 18.1. The molecule has 2 atom stereocenters. The van der Waals surface area contributed by atoms with E-state index < -0.39 is 30.3 Å². The number of halogens is 3. The summed E-state index contributed by atoms with van der Waals surface area (Å²) in [4.78, 5) is 24.9. The first-order chi connectivity index (χ1) is 16.2. The molecule has 4 heterocycles. The van der Waals surface area contributed by atoms with Crippen LogP contribution in [-0.2, 0) is 11.8 Å². The van der Waals surface area contributed by atoms with Gasteiger partial charge >= 0.3 is 6.18 Å². The molecule has 0 unspecified atom stereocenters. The van der Waals surface area contributed by atoms with E-state index in [0.717, 1.165) is 6.08 Å². The van der Waals surface area contributed by atoms with Crippen LogP contribution in [0.3, 0.4) is 0 Å². The lowest BCUT2D eigenvalue weighted by Crippen LogP contribution is -2.27. The molecule has 3 aromatic heterocycles. The zero-order valence-electron chi connectivity index (χ0n) is 18.1. The predicted octanol–water partition coefficient (Wildman–Crippen LogP) is 2.90. The van der Waals surface area contributed by atoms with Crippen LogP contribution in [0.25, 0.3) is 11.0 Å². The minimum atomic E-state index is -4.38. The Kier molecular flexibility index (Phi) is 6.14. The Bertz CT molecular complexity index is 1260. The van der Waals surface area contributed by atoms with Crippen molar-refractivity contribution in [1.29, 1.82) is 5.26 Å². The lowest BCUT2D eigenvalue weighted by molar-refractivity contribution is -0.147. The van der Waals surface area contributed by atoms with Gasteiger partial charge in [-0.1, -0.05) is 6.58 Å². The second kappa shape index (κ2) is 9.05. The van der Waals surface area contributed by atoms with Crippen LogP contribution >= 0.6 is 0 Å². The summed E-state index contributed by atoms with van der Waals surface area (Å²) >= 11 is 0. The number of aromatic nitrogens is 5. The molecule has 0 radical (unpaired) electrons. The Balaban J connectivity index is 1.60. The first kappa shape index (κ1) is 23.1. The number of rotatable bonds is 7. The number of hydrogen-bond acceptors (Lipinski definition) is 7. The average molecular weight is 474 g/mol. The third kappa shape index (κ3) is 4.95. The monoisotopic (exact) mass is 474 g/mol. The largest absolute Gasteiger partial charge is 0.477 e. The number of fused-ring (bicyclic) bond motifs is 1. The molecule has 1 saturated heterocycles. The molecule has 178 valence electrons. The summed E-state index contributed by atoms with van der Waals surface area (Å²) < 4.78 is 46.9. The maximum atomic E-state index is 13.1. The Morgan fingerprint density at radius 1 is 1.41 bits per heavy atom. The van der Waals surface area contributed by atoms with E-state index in [9.17, 15) is 23.2 Å². The number of nitriles is 1. The van der Waals surface area contributed by atoms with Gasteiger partial charge in [-0.05, 0) is 12.0 Å². The van der Waals surface area contributed by atoms with Crippen molar-refractivity contribution in [3.05, 3.63) is 36.8 Å². The Labute approximate surface area is 192 Å². The van der Waals surface area contributed by atoms with E-state index in [0.29, 0.717) is 16.7 Å². The summed E-state index contributed by atoms with van der Waals surface area (Å²) in [5.74, 6) is -1.65. The van der Waals surface area contributed by atoms with Gasteiger partial charge in [0, 0.05) is 44.9 Å². The first-order valence-electron chi connectivity index (χ1n) is 10.3. The van der Waals surface area contributed by atoms with E-state index in [1.54, 1.807) is 24.1 Å². The lowest BCUT2D eigenvalue weighted by atomic mass is 9.93. The predicted molar refractivity (Wildman–Crippen MR) is 115 cm³/mol. The topological polar surface area (TPSA) is 125 Å². The summed E-state index contributed by atoms with van der Waals surface area (Å²) in [5, 5.41) is 16.8. The molecule has 0 saturated carbocycles. The van der Waals surface area contributed by atoms with E-state index >= 15 is 0 Å². The Morgan fingerprint density at radius 2 is 2.18 bits per heavy atom. The van der Waals surface area contributed by atoms with Crippen molar-refractivity contribution in [1.82, 2.24) is 29.6 Å². The summed E-state index contributed by atoms with van der Waals surface area (Å²) in [6, 6.07) is 2.02. The summed E-state index contributed by atoms with van der Waals surface area (Å²) in [5.41, 5.74) is 1.17. The molecule has 1 amide bonds. The minimum absolute atomic E-state index is 0.0427. The highest BCUT2D eigenvalue weighted by Crippen LogP contribution is 2.35. The van der Waals surface area contributed by atoms with Crippen LogP contribution in [0.1, 0.15) is 12.0 Å². The number of carbonyl (C=O) groups excluding carboxylic acids is 1. The number of hydrogen-bond donors (Lipinski definition) is 2. The molecule has 1 aliphatic heterocycles. The SMILES string of the molecule is C=CC(=O)N1C[C@H](CC(F)(F)F)[C@@H](COc2nc(Nc3cnn(C)c3)nc3[nH]cc(C#N)c23)C1. The third-order valence-electron chi connectivity index (χ3n) is 5.57. The van der Waals surface area contributed by atoms with E-state index in [1.807, 2.05) is 6.07 Å². The first-order valence-corrected chi connectivity index (χ1v) is 10.3. The number of aromatic amines is 1. The van der Waals surface area contributed by atoms with Crippen molar-refractivity contribution < 1.29 is 22.7 Å². The molecule has 0 aliphatic carbocycles. The van der Waals surface area contributed by atoms with Crippen molar-refractivity contribution >= 4 is 28.6 Å². The Hall–Kier alpha value is -4.08. The van der Waals surface area contributed by atoms with Gasteiger partial charge in [-0.3, -0.25) is 9.48 Å². The number of aryl methyl sites for hydroxylation is 1. The van der Waals surface area contributed by atoms with Crippen LogP contribution in [0, 0.1) is 23.2 Å². The number of likely N-dealkylation sites (tertiary alicyclic amines) is 1. The van der Waals surface area contributed by atoms with Gasteiger partial charge in [0.15, 0.2) is 0 Å². The molecule has 3 aromatic rings. The van der Waals surface area contributed by atoms with Crippen LogP contribution in [0.5, 0.6) is 5.88 Å². The van der Waals surface area contributed by atoms with Crippen LogP contribution in [0.15, 0.2) is 31.2 Å². The molecule has 10 nitrogen and oxygen atoms in total. The fourth-order valence-electron chi connectivity index (χ4n) is 4.01. The summed E-state index contributed by atoms with van der Waals surface area (Å²) in [6.45, 7) is 3.33. The second-order valence-corrected chi connectivity index (χ2v) is 8.02. The summed E-state index contributed by atoms with van der Waals surface area (Å²) in [7, 11) is 1.74. The van der Waals surface area contributed by atoms with Crippen molar-refractivity contribution in [3.63, 3.8) is 0 Å². The molecule has 1 fully saturated rings. The molecule has 4 rings (SSSR count). The molecular weight excluding hydrogens is 453 g/mol. The molecule has 1 aliphatic rings. The fourth-order valence-corrected chi connectivity index (χ4v) is 4.01. The minimum Gasteiger partial charge on any atom is -0.477 e. The van der Waals surface area contributed by atoms with E-state index in [1.165, 1.54) is 11.1 Å². The van der Waals surface area contributed by atoms with E-state index in [-0.39, 0.29) is 37.1 Å². The van der Waals surface area contributed by atoms with Gasteiger partial charge in [0.05, 0.1) is 29.4 Å². The third-order valence-corrected chi connectivity index (χ3v) is 5.57. The van der Waals surface area contributed by atoms with Crippen molar-refractivity contribution in [3.8, 4) is 11.9 Å². The van der Waals surface area contributed by atoms with Crippen molar-refractivity contribution in [2.75, 3.05) is 25.0 Å². The maximum absolute atomic E-state index is 13.1. The quantitative estimate of drug-likeness (QED) is 0.505. The van der Waals surface area contributed by atoms with Crippen LogP contribution in [0.2, 0.25) is 0 Å². The fraction of sp³-hybridized carbons (Fsp3) is 0.381. The van der Waals surface area contributed by atoms with Gasteiger partial charge in [-0.25, -0.2) is 0 Å². The highest BCUT2D eigenvalue weighted by molar-refractivity contribution is 5.88. The highest BCUT2D eigenvalue weighted by atomic mass is 19.4. The zero-order chi connectivity index (χ0) is 24.5. The van der Waals surface area contributed by atoms with Gasteiger partial charge in [0.1, 0.15) is 11.7 Å². The van der Waals surface area contributed by atoms with Crippen molar-refractivity contribution in [2.24, 2.45) is 18.9 Å². The number of H-pyrrole nitrogens is 1. The van der Waals surface area contributed by atoms with E-state index in [2.05, 4.69) is 31.9 Å². The van der Waals surface area contributed by atoms with Gasteiger partial charge in [-0.2, -0.15) is 33.5 Å². The van der Waals surface area contributed by atoms with Gasteiger partial charge < -0.3 is 19.9 Å². The van der Waals surface area contributed by atoms with Gasteiger partial charge in [0.2, 0.25) is 17.7 Å². The molecular formula is C21H21F3N8O2. The second-order valence-electron chi connectivity index (χ2n) is 8.02. The standard InChI is InChI=1S/C21H21F3N8O2/c1-3-16(33)32-8-12(4-21(22,23)24)14(9-32)11-34-19-17-13(5-25)6-26-18(17)29-20(30-19)28-15-7-27-31(2)10-15/h3,6-7,10,12,14H,1,4,8-9,11H2,2H3,(H2,26,28,29,30)/t12-,14+/m0/s1. The van der Waals surface area contributed by atoms with Gasteiger partial charge in [-0.15, -0.1) is 0 Å². The maximum Gasteiger partial charge on any atom is 0.389 e. The molecule has 0 spiro atoms. The molecule has 2 N–H and O–H groups in total. The lowest BCUT2D eigenvalue weighted by Gasteiger charge is -2.20. The van der Waals surface area contributed by atoms with Gasteiger partial charge in [0.25, 0.3) is 0 Å². The Morgan fingerprint density at radius 3 is 2.82 bits per heavy atom. The highest BCUT2D eigenvalue weighted by Gasteiger charge is 2.42. The molecule has 0 bridgehead atoms. The number of nitrogens with zero attached hydrogens (tertiary/aromatic N) is 6. The van der Waals surface area contributed by atoms with Crippen molar-refractivity contribution in [2.45, 2.75) is 12.6 Å². The van der Waals surface area contributed by atoms with E-state index in [4.69, 9.17) is 4.74 Å². The molecule has 13 heteroatoms. The number of nitrogens with one attached hydrogen (secondary N) is 2. The molecule has 34 heavy (non-hydrogen) atoms. The van der Waals surface area contributed by atoms with Crippen LogP contribution in [-0.4, -0.2) is 61.4 Å². The average Bonchev–Trinajstić information content (AvgIpc) is 3.49. The number of amides is 1. The summed E-state index contributed by atoms with van der Waals surface area (Å²) in [6.07, 6.45) is 0.379. The number of ether oxygens (including phenoxy) is 1.